The molecule has 29 heavy (non-hydrogen) atoms. The number of halogens is 1. The number of rotatable bonds is 4. The van der Waals surface area contributed by atoms with Crippen molar-refractivity contribution in [2.45, 2.75) is 13.0 Å². The fraction of sp³-hybridized carbons (Fsp3) is 0.190. The zero-order valence-corrected chi connectivity index (χ0v) is 17.2. The molecule has 7 nitrogen and oxygen atoms in total. The van der Waals surface area contributed by atoms with Crippen molar-refractivity contribution in [3.63, 3.8) is 0 Å². The van der Waals surface area contributed by atoms with Crippen molar-refractivity contribution in [1.29, 1.82) is 0 Å². The van der Waals surface area contributed by atoms with E-state index in [0.717, 1.165) is 6.41 Å². The summed E-state index contributed by atoms with van der Waals surface area (Å²) in [4.78, 5) is 35.5. The molecule has 0 saturated carbocycles. The first-order chi connectivity index (χ1) is 13.8. The molecule has 1 atom stereocenters. The molecule has 0 saturated heterocycles. The van der Waals surface area contributed by atoms with E-state index in [1.54, 1.807) is 51.4 Å². The SMILES string of the molecule is CC1=C(C(=O)Nc2ccccc2)C(c2ccccc2Cl)NC(=O)N1.CN(C)C=O. The smallest absolute Gasteiger partial charge is 0.319 e. The third-order valence-electron chi connectivity index (χ3n) is 3.97. The molecule has 1 aliphatic rings. The van der Waals surface area contributed by atoms with E-state index in [9.17, 15) is 14.4 Å². The number of nitrogens with zero attached hydrogens (tertiary/aromatic N) is 1. The van der Waals surface area contributed by atoms with E-state index >= 15 is 0 Å². The molecule has 0 aromatic heterocycles. The molecule has 4 amide bonds. The highest BCUT2D eigenvalue weighted by Crippen LogP contribution is 2.31. The maximum absolute atomic E-state index is 12.8. The molecule has 8 heteroatoms. The molecule has 2 aromatic rings. The average Bonchev–Trinajstić information content (AvgIpc) is 2.68. The first kappa shape index (κ1) is 22.0. The van der Waals surface area contributed by atoms with Crippen LogP contribution in [0.1, 0.15) is 18.5 Å². The Morgan fingerprint density at radius 3 is 2.28 bits per heavy atom. The van der Waals surface area contributed by atoms with Crippen LogP contribution in [0.3, 0.4) is 0 Å². The van der Waals surface area contributed by atoms with Gasteiger partial charge in [-0.05, 0) is 30.7 Å². The van der Waals surface area contributed by atoms with E-state index in [2.05, 4.69) is 16.0 Å². The highest BCUT2D eigenvalue weighted by Gasteiger charge is 2.32. The normalized spacial score (nSPS) is 15.3. The predicted molar refractivity (Wildman–Crippen MR) is 113 cm³/mol. The summed E-state index contributed by atoms with van der Waals surface area (Å²) in [5.41, 5.74) is 2.27. The molecule has 3 rings (SSSR count). The highest BCUT2D eigenvalue weighted by molar-refractivity contribution is 6.31. The summed E-state index contributed by atoms with van der Waals surface area (Å²) in [6.07, 6.45) is 0.750. The quantitative estimate of drug-likeness (QED) is 0.670. The number of urea groups is 1. The van der Waals surface area contributed by atoms with Gasteiger partial charge in [-0.3, -0.25) is 9.59 Å². The van der Waals surface area contributed by atoms with E-state index in [1.165, 1.54) is 4.90 Å². The van der Waals surface area contributed by atoms with Gasteiger partial charge in [0.1, 0.15) is 0 Å². The van der Waals surface area contributed by atoms with Crippen LogP contribution in [-0.2, 0) is 9.59 Å². The topological polar surface area (TPSA) is 90.5 Å². The van der Waals surface area contributed by atoms with Crippen molar-refractivity contribution >= 4 is 35.6 Å². The summed E-state index contributed by atoms with van der Waals surface area (Å²) in [6.45, 7) is 1.70. The van der Waals surface area contributed by atoms with E-state index in [4.69, 9.17) is 11.6 Å². The van der Waals surface area contributed by atoms with E-state index in [1.807, 2.05) is 24.3 Å². The zero-order chi connectivity index (χ0) is 21.4. The van der Waals surface area contributed by atoms with Gasteiger partial charge in [0.05, 0.1) is 11.6 Å². The summed E-state index contributed by atoms with van der Waals surface area (Å²) in [7, 11) is 3.38. The Bertz CT molecular complexity index is 913. The Kier molecular flexibility index (Phi) is 7.79. The Morgan fingerprint density at radius 1 is 1.10 bits per heavy atom. The number of amides is 4. The molecular weight excluding hydrogens is 392 g/mol. The Hall–Kier alpha value is -3.32. The van der Waals surface area contributed by atoms with Gasteiger partial charge in [0.25, 0.3) is 5.91 Å². The van der Waals surface area contributed by atoms with Gasteiger partial charge in [-0.2, -0.15) is 0 Å². The second-order valence-electron chi connectivity index (χ2n) is 6.48. The monoisotopic (exact) mass is 414 g/mol. The summed E-state index contributed by atoms with van der Waals surface area (Å²) in [5, 5.41) is 8.74. The zero-order valence-electron chi connectivity index (χ0n) is 16.4. The Labute approximate surface area is 174 Å². The number of anilines is 1. The van der Waals surface area contributed by atoms with Gasteiger partial charge >= 0.3 is 6.03 Å². The number of nitrogens with one attached hydrogen (secondary N) is 3. The number of hydrogen-bond acceptors (Lipinski definition) is 3. The largest absolute Gasteiger partial charge is 0.351 e. The predicted octanol–water partition coefficient (Wildman–Crippen LogP) is 3.31. The van der Waals surface area contributed by atoms with Crippen LogP contribution in [0.25, 0.3) is 0 Å². The van der Waals surface area contributed by atoms with Gasteiger partial charge in [0.2, 0.25) is 6.41 Å². The van der Waals surface area contributed by atoms with Crippen molar-refractivity contribution in [1.82, 2.24) is 15.5 Å². The van der Waals surface area contributed by atoms with Crippen LogP contribution in [0.2, 0.25) is 5.02 Å². The minimum atomic E-state index is -0.615. The molecule has 0 bridgehead atoms. The highest BCUT2D eigenvalue weighted by atomic mass is 35.5. The lowest BCUT2D eigenvalue weighted by atomic mass is 9.94. The molecular formula is C21H23ClN4O3. The van der Waals surface area contributed by atoms with Crippen molar-refractivity contribution in [2.75, 3.05) is 19.4 Å². The van der Waals surface area contributed by atoms with E-state index in [0.29, 0.717) is 27.5 Å². The molecule has 2 aromatic carbocycles. The fourth-order valence-electron chi connectivity index (χ4n) is 2.66. The first-order valence-electron chi connectivity index (χ1n) is 8.84. The van der Waals surface area contributed by atoms with Crippen LogP contribution in [0.5, 0.6) is 0 Å². The van der Waals surface area contributed by atoms with Gasteiger partial charge in [0, 0.05) is 30.5 Å². The minimum Gasteiger partial charge on any atom is -0.351 e. The molecule has 1 aliphatic heterocycles. The average molecular weight is 415 g/mol. The number of allylic oxidation sites excluding steroid dienone is 1. The lowest BCUT2D eigenvalue weighted by Crippen LogP contribution is -2.46. The van der Waals surface area contributed by atoms with Gasteiger partial charge < -0.3 is 20.9 Å². The van der Waals surface area contributed by atoms with E-state index in [-0.39, 0.29) is 11.9 Å². The van der Waals surface area contributed by atoms with E-state index < -0.39 is 6.04 Å². The minimum absolute atomic E-state index is 0.295. The second kappa shape index (κ2) is 10.3. The lowest BCUT2D eigenvalue weighted by molar-refractivity contribution is -0.116. The van der Waals surface area contributed by atoms with Crippen molar-refractivity contribution in [3.8, 4) is 0 Å². The Balaban J connectivity index is 0.000000537. The fourth-order valence-corrected chi connectivity index (χ4v) is 2.90. The number of para-hydroxylation sites is 1. The molecule has 3 N–H and O–H groups in total. The molecule has 1 heterocycles. The van der Waals surface area contributed by atoms with Gasteiger partial charge in [-0.1, -0.05) is 48.0 Å². The van der Waals surface area contributed by atoms with Gasteiger partial charge in [0.15, 0.2) is 0 Å². The standard InChI is InChI=1S/C18H16ClN3O2.C3H7NO/c1-11-15(17(23)21-12-7-3-2-4-8-12)16(22-18(24)20-11)13-9-5-6-10-14(13)19;1-4(2)3-5/h2-10,16H,1H3,(H,21,23)(H2,20,22,24);3H,1-2H3. The van der Waals surface area contributed by atoms with Crippen LogP contribution in [0.15, 0.2) is 65.9 Å². The Morgan fingerprint density at radius 2 is 1.69 bits per heavy atom. The summed E-state index contributed by atoms with van der Waals surface area (Å²) < 4.78 is 0. The van der Waals surface area contributed by atoms with Crippen LogP contribution < -0.4 is 16.0 Å². The summed E-state index contributed by atoms with van der Waals surface area (Å²) in [5.74, 6) is -0.295. The third kappa shape index (κ3) is 6.08. The first-order valence-corrected chi connectivity index (χ1v) is 9.22. The molecule has 0 fully saturated rings. The van der Waals surface area contributed by atoms with Crippen LogP contribution in [-0.4, -0.2) is 37.3 Å². The van der Waals surface area contributed by atoms with Crippen molar-refractivity contribution in [2.24, 2.45) is 0 Å². The maximum Gasteiger partial charge on any atom is 0.319 e. The van der Waals surface area contributed by atoms with Gasteiger partial charge in [-0.25, -0.2) is 4.79 Å². The summed E-state index contributed by atoms with van der Waals surface area (Å²) >= 11 is 6.26. The number of carbonyl (C=O) groups excluding carboxylic acids is 3. The van der Waals surface area contributed by atoms with Crippen LogP contribution in [0.4, 0.5) is 10.5 Å². The number of hydrogen-bond donors (Lipinski definition) is 3. The molecule has 1 unspecified atom stereocenters. The third-order valence-corrected chi connectivity index (χ3v) is 4.32. The number of carbonyl (C=O) groups is 3. The van der Waals surface area contributed by atoms with Gasteiger partial charge in [-0.15, -0.1) is 0 Å². The molecule has 0 radical (unpaired) electrons. The summed E-state index contributed by atoms with van der Waals surface area (Å²) in [6, 6.07) is 15.3. The van der Waals surface area contributed by atoms with Crippen molar-refractivity contribution < 1.29 is 14.4 Å². The van der Waals surface area contributed by atoms with Crippen LogP contribution >= 0.6 is 11.6 Å². The van der Waals surface area contributed by atoms with Crippen molar-refractivity contribution in [3.05, 3.63) is 76.5 Å². The lowest BCUT2D eigenvalue weighted by Gasteiger charge is -2.29. The molecule has 0 aliphatic carbocycles. The maximum atomic E-state index is 12.8. The van der Waals surface area contributed by atoms with Crippen LogP contribution in [0, 0.1) is 0 Å². The second-order valence-corrected chi connectivity index (χ2v) is 6.89. The molecule has 152 valence electrons. The molecule has 0 spiro atoms. The number of benzene rings is 2.